The topological polar surface area (TPSA) is 91.5 Å². The van der Waals surface area contributed by atoms with Gasteiger partial charge in [0.25, 0.3) is 5.91 Å². The molecule has 7 nitrogen and oxygen atoms in total. The highest BCUT2D eigenvalue weighted by Crippen LogP contribution is 2.24. The third-order valence-electron chi connectivity index (χ3n) is 4.36. The van der Waals surface area contributed by atoms with Crippen LogP contribution in [0.2, 0.25) is 0 Å². The summed E-state index contributed by atoms with van der Waals surface area (Å²) in [6.45, 7) is 2.39. The van der Waals surface area contributed by atoms with E-state index in [0.29, 0.717) is 24.4 Å². The predicted molar refractivity (Wildman–Crippen MR) is 111 cm³/mol. The first-order chi connectivity index (χ1) is 13.5. The molecule has 8 heteroatoms. The lowest BCUT2D eigenvalue weighted by molar-refractivity contribution is -0.123. The summed E-state index contributed by atoms with van der Waals surface area (Å²) >= 11 is 3.43. The van der Waals surface area contributed by atoms with Crippen molar-refractivity contribution in [3.8, 4) is 5.75 Å². The summed E-state index contributed by atoms with van der Waals surface area (Å²) in [5.74, 6) is 0.295. The fraction of sp³-hybridized carbons (Fsp3) is 0.300. The summed E-state index contributed by atoms with van der Waals surface area (Å²) in [7, 11) is 0. The average Bonchev–Trinajstić information content (AvgIpc) is 3.19. The lowest BCUT2D eigenvalue weighted by Crippen LogP contribution is -2.39. The second-order valence-corrected chi connectivity index (χ2v) is 7.35. The van der Waals surface area contributed by atoms with Gasteiger partial charge in [0.2, 0.25) is 5.91 Å². The number of ether oxygens (including phenoxy) is 1. The number of amides is 2. The molecule has 0 radical (unpaired) electrons. The molecule has 1 aliphatic rings. The van der Waals surface area contributed by atoms with Crippen LogP contribution in [0.1, 0.15) is 24.9 Å². The van der Waals surface area contributed by atoms with Gasteiger partial charge < -0.3 is 15.4 Å². The van der Waals surface area contributed by atoms with Gasteiger partial charge >= 0.3 is 0 Å². The van der Waals surface area contributed by atoms with E-state index < -0.39 is 0 Å². The van der Waals surface area contributed by atoms with Gasteiger partial charge in [-0.05, 0) is 55.3 Å². The van der Waals surface area contributed by atoms with E-state index in [1.54, 1.807) is 24.3 Å². The Morgan fingerprint density at radius 3 is 2.50 bits per heavy atom. The van der Waals surface area contributed by atoms with Crippen molar-refractivity contribution in [2.24, 2.45) is 0 Å². The molecule has 2 aromatic rings. The lowest BCUT2D eigenvalue weighted by atomic mass is 10.0. The molecule has 148 valence electrons. The first kappa shape index (κ1) is 20.3. The van der Waals surface area contributed by atoms with Crippen LogP contribution in [0.3, 0.4) is 0 Å². The zero-order chi connectivity index (χ0) is 19.9. The summed E-state index contributed by atoms with van der Waals surface area (Å²) < 4.78 is 6.42. The van der Waals surface area contributed by atoms with Gasteiger partial charge in [-0.15, -0.1) is 0 Å². The van der Waals surface area contributed by atoms with E-state index >= 15 is 0 Å². The van der Waals surface area contributed by atoms with E-state index in [4.69, 9.17) is 4.74 Å². The van der Waals surface area contributed by atoms with Crippen molar-refractivity contribution in [1.82, 2.24) is 16.2 Å². The van der Waals surface area contributed by atoms with Crippen molar-refractivity contribution >= 4 is 33.4 Å². The molecule has 0 bridgehead atoms. The maximum atomic E-state index is 12.5. The Hall–Kier alpha value is -2.42. The van der Waals surface area contributed by atoms with Gasteiger partial charge in [0.15, 0.2) is 6.61 Å². The number of nitrogens with one attached hydrogen (secondary N) is 4. The lowest BCUT2D eigenvalue weighted by Gasteiger charge is -2.12. The number of halogens is 1. The van der Waals surface area contributed by atoms with E-state index in [-0.39, 0.29) is 30.5 Å². The van der Waals surface area contributed by atoms with Gasteiger partial charge in [-0.3, -0.25) is 9.59 Å². The number of benzene rings is 2. The number of anilines is 1. The molecule has 4 N–H and O–H groups in total. The molecule has 0 aliphatic carbocycles. The van der Waals surface area contributed by atoms with Gasteiger partial charge in [0, 0.05) is 22.7 Å². The molecule has 2 aromatic carbocycles. The Morgan fingerprint density at radius 1 is 1.11 bits per heavy atom. The molecule has 0 saturated carbocycles. The Labute approximate surface area is 172 Å². The van der Waals surface area contributed by atoms with Crippen LogP contribution in [-0.4, -0.2) is 31.0 Å². The third kappa shape index (κ3) is 5.54. The zero-order valence-corrected chi connectivity index (χ0v) is 17.1. The largest absolute Gasteiger partial charge is 0.484 e. The molecule has 3 rings (SSSR count). The molecule has 1 fully saturated rings. The highest BCUT2D eigenvalue weighted by atomic mass is 79.9. The number of carbonyl (C=O) groups excluding carboxylic acids is 2. The van der Waals surface area contributed by atoms with Crippen molar-refractivity contribution < 1.29 is 14.3 Å². The van der Waals surface area contributed by atoms with E-state index in [1.807, 2.05) is 31.2 Å². The molecular weight excluding hydrogens is 424 g/mol. The number of rotatable bonds is 7. The van der Waals surface area contributed by atoms with Crippen LogP contribution in [0.25, 0.3) is 0 Å². The van der Waals surface area contributed by atoms with Gasteiger partial charge in [-0.25, -0.2) is 10.9 Å². The fourth-order valence-electron chi connectivity index (χ4n) is 2.90. The van der Waals surface area contributed by atoms with Crippen LogP contribution in [0.5, 0.6) is 5.75 Å². The molecule has 0 spiro atoms. The minimum atomic E-state index is -0.331. The minimum Gasteiger partial charge on any atom is -0.484 e. The van der Waals surface area contributed by atoms with Gasteiger partial charge in [0.05, 0.1) is 0 Å². The van der Waals surface area contributed by atoms with E-state index in [1.165, 1.54) is 0 Å². The molecular formula is C20H23BrN4O3. The van der Waals surface area contributed by atoms with Crippen LogP contribution >= 0.6 is 15.9 Å². The normalized spacial score (nSPS) is 18.5. The van der Waals surface area contributed by atoms with Crippen molar-refractivity contribution in [2.45, 2.75) is 25.4 Å². The van der Waals surface area contributed by atoms with Gasteiger partial charge in [-0.2, -0.15) is 0 Å². The maximum absolute atomic E-state index is 12.5. The summed E-state index contributed by atoms with van der Waals surface area (Å²) in [4.78, 5) is 23.9. The molecule has 1 aliphatic heterocycles. The summed E-state index contributed by atoms with van der Waals surface area (Å²) in [5.41, 5.74) is 8.02. The Kier molecular flexibility index (Phi) is 7.02. The number of carbonyl (C=O) groups is 2. The minimum absolute atomic E-state index is 0.0331. The standard InChI is InChI=1S/C20H23BrN4O3/c1-2-22-19(26)12-28-16-9-7-15(8-10-16)23-20(27)18-11-17(24-25-18)13-3-5-14(21)6-4-13/h3-10,17-18,24-25H,2,11-12H2,1H3,(H,22,26)(H,23,27). The van der Waals surface area contributed by atoms with Crippen LogP contribution in [0, 0.1) is 0 Å². The second kappa shape index (κ2) is 9.68. The van der Waals surface area contributed by atoms with E-state index in [9.17, 15) is 9.59 Å². The molecule has 2 unspecified atom stereocenters. The Bertz CT molecular complexity index is 811. The van der Waals surface area contributed by atoms with E-state index in [0.717, 1.165) is 10.0 Å². The van der Waals surface area contributed by atoms with E-state index in [2.05, 4.69) is 37.4 Å². The average molecular weight is 447 g/mol. The quantitative estimate of drug-likeness (QED) is 0.524. The van der Waals surface area contributed by atoms with Crippen LogP contribution in [-0.2, 0) is 9.59 Å². The number of likely N-dealkylation sites (N-methyl/N-ethyl adjacent to an activating group) is 1. The molecule has 28 heavy (non-hydrogen) atoms. The number of hydrogen-bond donors (Lipinski definition) is 4. The Balaban J connectivity index is 1.49. The monoisotopic (exact) mass is 446 g/mol. The fourth-order valence-corrected chi connectivity index (χ4v) is 3.17. The number of hydrogen-bond acceptors (Lipinski definition) is 5. The van der Waals surface area contributed by atoms with Gasteiger partial charge in [0.1, 0.15) is 11.8 Å². The van der Waals surface area contributed by atoms with Crippen molar-refractivity contribution in [1.29, 1.82) is 0 Å². The van der Waals surface area contributed by atoms with Crippen LogP contribution in [0.15, 0.2) is 53.0 Å². The van der Waals surface area contributed by atoms with Gasteiger partial charge in [-0.1, -0.05) is 28.1 Å². The second-order valence-electron chi connectivity index (χ2n) is 6.44. The zero-order valence-electron chi connectivity index (χ0n) is 15.5. The molecule has 1 heterocycles. The smallest absolute Gasteiger partial charge is 0.257 e. The molecule has 2 amide bonds. The maximum Gasteiger partial charge on any atom is 0.257 e. The molecule has 2 atom stereocenters. The van der Waals surface area contributed by atoms with Crippen molar-refractivity contribution in [2.75, 3.05) is 18.5 Å². The summed E-state index contributed by atoms with van der Waals surface area (Å²) in [6, 6.07) is 14.7. The third-order valence-corrected chi connectivity index (χ3v) is 4.89. The van der Waals surface area contributed by atoms with Crippen LogP contribution in [0.4, 0.5) is 5.69 Å². The predicted octanol–water partition coefficient (Wildman–Crippen LogP) is 2.51. The number of hydrazine groups is 1. The van der Waals surface area contributed by atoms with Crippen molar-refractivity contribution in [3.05, 3.63) is 58.6 Å². The molecule has 1 saturated heterocycles. The highest BCUT2D eigenvalue weighted by Gasteiger charge is 2.30. The SMILES string of the molecule is CCNC(=O)COc1ccc(NC(=O)C2CC(c3ccc(Br)cc3)NN2)cc1. The summed E-state index contributed by atoms with van der Waals surface area (Å²) in [5, 5.41) is 5.56. The highest BCUT2D eigenvalue weighted by molar-refractivity contribution is 9.10. The first-order valence-electron chi connectivity index (χ1n) is 9.12. The first-order valence-corrected chi connectivity index (χ1v) is 9.91. The summed E-state index contributed by atoms with van der Waals surface area (Å²) in [6.07, 6.45) is 0.654. The van der Waals surface area contributed by atoms with Crippen LogP contribution < -0.4 is 26.2 Å². The van der Waals surface area contributed by atoms with Crippen molar-refractivity contribution in [3.63, 3.8) is 0 Å². The molecule has 0 aromatic heterocycles. The Morgan fingerprint density at radius 2 is 1.82 bits per heavy atom.